The van der Waals surface area contributed by atoms with Crippen molar-refractivity contribution in [3.63, 3.8) is 0 Å². The quantitative estimate of drug-likeness (QED) is 0.175. The zero-order valence-corrected chi connectivity index (χ0v) is 27.7. The van der Waals surface area contributed by atoms with Gasteiger partial charge in [-0.25, -0.2) is 15.0 Å². The van der Waals surface area contributed by atoms with E-state index in [-0.39, 0.29) is 0 Å². The van der Waals surface area contributed by atoms with Crippen molar-refractivity contribution in [1.29, 1.82) is 0 Å². The molecule has 0 aliphatic heterocycles. The molecule has 6 heteroatoms. The van der Waals surface area contributed by atoms with E-state index in [0.717, 1.165) is 71.5 Å². The predicted molar refractivity (Wildman–Crippen MR) is 211 cm³/mol. The Kier molecular flexibility index (Phi) is 6.15. The average molecular weight is 666 g/mol. The minimum atomic E-state index is 0.569. The van der Waals surface area contributed by atoms with E-state index in [9.17, 15) is 0 Å². The minimum absolute atomic E-state index is 0.569. The molecule has 0 fully saturated rings. The van der Waals surface area contributed by atoms with Crippen molar-refractivity contribution in [3.05, 3.63) is 164 Å². The monoisotopic (exact) mass is 665 g/mol. The summed E-state index contributed by atoms with van der Waals surface area (Å²) in [6.45, 7) is 0. The van der Waals surface area contributed by atoms with Crippen molar-refractivity contribution in [1.82, 2.24) is 24.5 Å². The molecule has 0 bridgehead atoms. The van der Waals surface area contributed by atoms with Gasteiger partial charge in [0.1, 0.15) is 11.2 Å². The highest BCUT2D eigenvalue weighted by atomic mass is 16.3. The second-order valence-electron chi connectivity index (χ2n) is 13.1. The van der Waals surface area contributed by atoms with Gasteiger partial charge in [-0.05, 0) is 70.1 Å². The molecular weight excluding hydrogens is 639 g/mol. The second kappa shape index (κ2) is 11.2. The summed E-state index contributed by atoms with van der Waals surface area (Å²) in [5.41, 5.74) is 7.57. The molecule has 242 valence electrons. The fraction of sp³-hybridized carbons (Fsp3) is 0. The molecule has 0 radical (unpaired) electrons. The molecule has 52 heavy (non-hydrogen) atoms. The van der Waals surface area contributed by atoms with Crippen LogP contribution in [0.4, 0.5) is 0 Å². The van der Waals surface area contributed by atoms with Gasteiger partial charge in [0, 0.05) is 56.3 Å². The summed E-state index contributed by atoms with van der Waals surface area (Å²) in [7, 11) is 0. The van der Waals surface area contributed by atoms with Crippen molar-refractivity contribution in [3.8, 4) is 39.9 Å². The van der Waals surface area contributed by atoms with Crippen LogP contribution in [0, 0.1) is 0 Å². The van der Waals surface area contributed by atoms with Crippen LogP contribution < -0.4 is 0 Å². The molecule has 0 N–H and O–H groups in total. The summed E-state index contributed by atoms with van der Waals surface area (Å²) in [5, 5.41) is 8.98. The average Bonchev–Trinajstić information content (AvgIpc) is 3.76. The minimum Gasteiger partial charge on any atom is -0.456 e. The Morgan fingerprint density at radius 1 is 0.423 bits per heavy atom. The first-order valence-corrected chi connectivity index (χ1v) is 17.3. The lowest BCUT2D eigenvalue weighted by Gasteiger charge is -2.13. The number of pyridine rings is 1. The number of benzene rings is 7. The standard InChI is InChI=1S/C46H27N5O/c1-2-13-32-28(10-1)25-38(34-15-4-3-14-33(32)34)46-49-44(48-45(50-46)30-20-21-37-39-27-47-23-22-42(39)52-43(37)26-30)29-11-9-12-31(24-29)51-40-18-7-5-16-35(40)36-17-6-8-19-41(36)51/h1-27H. The van der Waals surface area contributed by atoms with Crippen LogP contribution in [-0.2, 0) is 0 Å². The van der Waals surface area contributed by atoms with Gasteiger partial charge < -0.3 is 8.98 Å². The number of nitrogens with zero attached hydrogens (tertiary/aromatic N) is 5. The number of aromatic nitrogens is 5. The lowest BCUT2D eigenvalue weighted by Crippen LogP contribution is -2.01. The normalized spacial score (nSPS) is 11.8. The maximum atomic E-state index is 6.26. The summed E-state index contributed by atoms with van der Waals surface area (Å²) < 4.78 is 8.58. The van der Waals surface area contributed by atoms with E-state index in [0.29, 0.717) is 17.5 Å². The fourth-order valence-electron chi connectivity index (χ4n) is 7.74. The first-order chi connectivity index (χ1) is 25.8. The molecule has 4 heterocycles. The van der Waals surface area contributed by atoms with Crippen molar-refractivity contribution in [2.75, 3.05) is 0 Å². The van der Waals surface area contributed by atoms with E-state index in [1.165, 1.54) is 16.2 Å². The van der Waals surface area contributed by atoms with E-state index >= 15 is 0 Å². The van der Waals surface area contributed by atoms with Gasteiger partial charge in [-0.2, -0.15) is 0 Å². The van der Waals surface area contributed by atoms with Crippen LogP contribution in [0.15, 0.2) is 168 Å². The van der Waals surface area contributed by atoms with Crippen molar-refractivity contribution < 1.29 is 4.42 Å². The van der Waals surface area contributed by atoms with Crippen LogP contribution in [-0.4, -0.2) is 24.5 Å². The molecule has 6 nitrogen and oxygen atoms in total. The Bertz CT molecular complexity index is 3160. The van der Waals surface area contributed by atoms with Gasteiger partial charge in [-0.1, -0.05) is 103 Å². The molecule has 0 saturated carbocycles. The van der Waals surface area contributed by atoms with Crippen LogP contribution in [0.3, 0.4) is 0 Å². The largest absolute Gasteiger partial charge is 0.456 e. The van der Waals surface area contributed by atoms with Crippen molar-refractivity contribution >= 4 is 65.3 Å². The van der Waals surface area contributed by atoms with Gasteiger partial charge in [-0.3, -0.25) is 4.98 Å². The van der Waals surface area contributed by atoms with Crippen LogP contribution in [0.1, 0.15) is 0 Å². The summed E-state index contributed by atoms with van der Waals surface area (Å²) >= 11 is 0. The molecular formula is C46H27N5O. The summed E-state index contributed by atoms with van der Waals surface area (Å²) in [5.74, 6) is 1.77. The molecule has 0 amide bonds. The summed E-state index contributed by atoms with van der Waals surface area (Å²) in [4.78, 5) is 19.9. The van der Waals surface area contributed by atoms with Gasteiger partial charge in [0.15, 0.2) is 17.5 Å². The number of hydrogen-bond acceptors (Lipinski definition) is 5. The Morgan fingerprint density at radius 2 is 1.08 bits per heavy atom. The van der Waals surface area contributed by atoms with Gasteiger partial charge in [0.25, 0.3) is 0 Å². The van der Waals surface area contributed by atoms with Gasteiger partial charge in [0.2, 0.25) is 0 Å². The lowest BCUT2D eigenvalue weighted by atomic mass is 9.97. The molecule has 11 aromatic rings. The molecule has 4 aromatic heterocycles. The predicted octanol–water partition coefficient (Wildman–Crippen LogP) is 11.6. The van der Waals surface area contributed by atoms with E-state index in [4.69, 9.17) is 19.4 Å². The molecule has 0 aliphatic rings. The highest BCUT2D eigenvalue weighted by Gasteiger charge is 2.18. The third kappa shape index (κ3) is 4.38. The van der Waals surface area contributed by atoms with Crippen LogP contribution in [0.2, 0.25) is 0 Å². The molecule has 0 aliphatic carbocycles. The van der Waals surface area contributed by atoms with Crippen molar-refractivity contribution in [2.24, 2.45) is 0 Å². The molecule has 0 saturated heterocycles. The van der Waals surface area contributed by atoms with Gasteiger partial charge in [0.05, 0.1) is 11.0 Å². The highest BCUT2D eigenvalue weighted by Crippen LogP contribution is 2.37. The fourth-order valence-corrected chi connectivity index (χ4v) is 7.74. The number of hydrogen-bond donors (Lipinski definition) is 0. The summed E-state index contributed by atoms with van der Waals surface area (Å²) in [6, 6.07) is 52.8. The Hall–Kier alpha value is -7.18. The first kappa shape index (κ1) is 28.6. The molecule has 11 rings (SSSR count). The SMILES string of the molecule is c1cc(-c2nc(-c3ccc4c(c3)oc3ccncc34)nc(-c3cc4ccccc4c4ccccc34)n2)cc(-n2c3ccccc3c3ccccc32)c1. The summed E-state index contributed by atoms with van der Waals surface area (Å²) in [6.07, 6.45) is 3.59. The second-order valence-corrected chi connectivity index (χ2v) is 13.1. The molecule has 7 aromatic carbocycles. The zero-order valence-electron chi connectivity index (χ0n) is 27.7. The number of rotatable bonds is 4. The van der Waals surface area contributed by atoms with Crippen LogP contribution >= 0.6 is 0 Å². The zero-order chi connectivity index (χ0) is 34.2. The third-order valence-corrected chi connectivity index (χ3v) is 10.1. The van der Waals surface area contributed by atoms with E-state index in [2.05, 4.69) is 149 Å². The number of fused-ring (bicyclic) bond motifs is 9. The smallest absolute Gasteiger partial charge is 0.164 e. The maximum Gasteiger partial charge on any atom is 0.164 e. The molecule has 0 spiro atoms. The maximum absolute atomic E-state index is 6.26. The molecule has 0 unspecified atom stereocenters. The number of furan rings is 1. The van der Waals surface area contributed by atoms with Crippen LogP contribution in [0.5, 0.6) is 0 Å². The lowest BCUT2D eigenvalue weighted by molar-refractivity contribution is 0.668. The van der Waals surface area contributed by atoms with E-state index < -0.39 is 0 Å². The first-order valence-electron chi connectivity index (χ1n) is 17.3. The topological polar surface area (TPSA) is 69.6 Å². The Balaban J connectivity index is 1.16. The van der Waals surface area contributed by atoms with E-state index in [1.807, 2.05) is 18.3 Å². The van der Waals surface area contributed by atoms with Crippen molar-refractivity contribution in [2.45, 2.75) is 0 Å². The molecule has 0 atom stereocenters. The Labute approximate surface area is 297 Å². The van der Waals surface area contributed by atoms with Gasteiger partial charge >= 0.3 is 0 Å². The van der Waals surface area contributed by atoms with Gasteiger partial charge in [-0.15, -0.1) is 0 Å². The van der Waals surface area contributed by atoms with E-state index in [1.54, 1.807) is 6.20 Å². The Morgan fingerprint density at radius 3 is 1.87 bits per heavy atom. The van der Waals surface area contributed by atoms with Crippen LogP contribution in [0.25, 0.3) is 105 Å². The number of para-hydroxylation sites is 2. The highest BCUT2D eigenvalue weighted by molar-refractivity contribution is 6.13. The third-order valence-electron chi connectivity index (χ3n) is 10.1.